The Labute approximate surface area is 211 Å². The maximum absolute atomic E-state index is 14.3. The molecule has 8 nitrogen and oxygen atoms in total. The first-order valence-electron chi connectivity index (χ1n) is 9.93. The van der Waals surface area contributed by atoms with Crippen molar-refractivity contribution in [3.05, 3.63) is 59.2 Å². The maximum atomic E-state index is 14.3. The van der Waals surface area contributed by atoms with Crippen LogP contribution in [0.25, 0.3) is 0 Å². The minimum absolute atomic E-state index is 0. The van der Waals surface area contributed by atoms with Crippen LogP contribution >= 0.6 is 37.2 Å². The van der Waals surface area contributed by atoms with Crippen molar-refractivity contribution in [2.45, 2.75) is 26.3 Å². The van der Waals surface area contributed by atoms with Gasteiger partial charge in [0.2, 0.25) is 5.91 Å². The third-order valence-electron chi connectivity index (χ3n) is 5.25. The number of rotatable bonds is 6. The average molecular weight is 524 g/mol. The minimum Gasteiger partial charge on any atom is -0.367 e. The largest absolute Gasteiger partial charge is 0.367 e. The molecule has 2 aromatic rings. The van der Waals surface area contributed by atoms with Crippen LogP contribution in [0.1, 0.15) is 23.7 Å². The summed E-state index contributed by atoms with van der Waals surface area (Å²) >= 11 is 0. The Kier molecular flexibility index (Phi) is 13.7. The fourth-order valence-electron chi connectivity index (χ4n) is 3.43. The van der Waals surface area contributed by atoms with Crippen LogP contribution in [0.4, 0.5) is 14.9 Å². The molecule has 0 radical (unpaired) electrons. The van der Waals surface area contributed by atoms with Gasteiger partial charge in [-0.1, -0.05) is 12.1 Å². The van der Waals surface area contributed by atoms with Gasteiger partial charge in [0.25, 0.3) is 0 Å². The lowest BCUT2D eigenvalue weighted by Crippen LogP contribution is -2.48. The molecule has 2 heterocycles. The van der Waals surface area contributed by atoms with Gasteiger partial charge in [-0.05, 0) is 42.2 Å². The zero-order valence-electron chi connectivity index (χ0n) is 18.3. The van der Waals surface area contributed by atoms with Crippen molar-refractivity contribution < 1.29 is 14.0 Å². The molecule has 12 heteroatoms. The number of aryl methyl sites for hydroxylation is 2. The molecule has 1 saturated heterocycles. The zero-order valence-corrected chi connectivity index (χ0v) is 20.7. The number of pyridine rings is 1. The van der Waals surface area contributed by atoms with Gasteiger partial charge in [-0.25, -0.2) is 15.0 Å². The number of nitrogens with one attached hydrogen (secondary N) is 2. The van der Waals surface area contributed by atoms with Gasteiger partial charge in [-0.15, -0.1) is 37.2 Å². The van der Waals surface area contributed by atoms with E-state index in [1.807, 2.05) is 28.7 Å². The molecule has 1 aliphatic rings. The Morgan fingerprint density at radius 3 is 2.30 bits per heavy atom. The highest BCUT2D eigenvalue weighted by atomic mass is 35.5. The Morgan fingerprint density at radius 1 is 1.06 bits per heavy atom. The van der Waals surface area contributed by atoms with Gasteiger partial charge >= 0.3 is 6.03 Å². The van der Waals surface area contributed by atoms with Crippen molar-refractivity contribution >= 4 is 54.8 Å². The summed E-state index contributed by atoms with van der Waals surface area (Å²) in [7, 11) is 0. The molecule has 1 fully saturated rings. The highest BCUT2D eigenvalue weighted by Gasteiger charge is 2.18. The van der Waals surface area contributed by atoms with E-state index in [0.29, 0.717) is 24.0 Å². The molecule has 0 unspecified atom stereocenters. The lowest BCUT2D eigenvalue weighted by Gasteiger charge is -2.35. The zero-order chi connectivity index (χ0) is 21.5. The summed E-state index contributed by atoms with van der Waals surface area (Å²) < 4.78 is 14.3. The molecular formula is C21H30Cl3FN6O2. The molecule has 1 aromatic heterocycles. The quantitative estimate of drug-likeness (QED) is 0.307. The van der Waals surface area contributed by atoms with Crippen LogP contribution in [-0.4, -0.2) is 48.0 Å². The normalized spacial score (nSPS) is 12.6. The van der Waals surface area contributed by atoms with Gasteiger partial charge in [0.05, 0.1) is 11.9 Å². The van der Waals surface area contributed by atoms with E-state index in [0.717, 1.165) is 37.6 Å². The van der Waals surface area contributed by atoms with E-state index < -0.39 is 6.03 Å². The van der Waals surface area contributed by atoms with Gasteiger partial charge < -0.3 is 15.1 Å². The molecule has 3 rings (SSSR count). The number of amides is 3. The van der Waals surface area contributed by atoms with E-state index in [1.54, 1.807) is 19.1 Å². The summed E-state index contributed by atoms with van der Waals surface area (Å²) in [5.74, 6) is 4.80. The lowest BCUT2D eigenvalue weighted by atomic mass is 10.0. The van der Waals surface area contributed by atoms with Crippen LogP contribution in [0, 0.1) is 5.82 Å². The molecule has 3 amide bonds. The van der Waals surface area contributed by atoms with E-state index in [9.17, 15) is 14.0 Å². The molecule has 0 spiro atoms. The Bertz CT molecular complexity index is 896. The molecule has 0 saturated carbocycles. The monoisotopic (exact) mass is 522 g/mol. The summed E-state index contributed by atoms with van der Waals surface area (Å²) in [4.78, 5) is 31.1. The standard InChI is InChI=1S/C21H27FN6O2.3ClH/c1-15(29)27-8-10-28(11-9-27)19-7-6-18(24-14-19)5-4-17-3-2-16(12-20(17)22)13-25-21(30)26-23;;;/h2-3,6-7,12,14H,4-5,8-11,13,23H2,1H3,(H2,25,26,30);3*1H. The number of aromatic nitrogens is 1. The fraction of sp³-hybridized carbons (Fsp3) is 0.381. The Morgan fingerprint density at radius 2 is 1.76 bits per heavy atom. The van der Waals surface area contributed by atoms with Gasteiger partial charge in [0.1, 0.15) is 5.82 Å². The molecule has 184 valence electrons. The van der Waals surface area contributed by atoms with Crippen LogP contribution < -0.4 is 21.5 Å². The van der Waals surface area contributed by atoms with E-state index in [-0.39, 0.29) is 55.5 Å². The molecule has 1 aromatic carbocycles. The second kappa shape index (κ2) is 14.7. The number of hydrazine groups is 1. The third kappa shape index (κ3) is 8.85. The van der Waals surface area contributed by atoms with Gasteiger partial charge in [0, 0.05) is 45.3 Å². The summed E-state index contributed by atoms with van der Waals surface area (Å²) in [6, 6.07) is 8.41. The first-order valence-corrected chi connectivity index (χ1v) is 9.93. The smallest absolute Gasteiger partial charge is 0.329 e. The Balaban J connectivity index is 0.00000341. The van der Waals surface area contributed by atoms with Crippen molar-refractivity contribution in [3.63, 3.8) is 0 Å². The highest BCUT2D eigenvalue weighted by Crippen LogP contribution is 2.17. The number of carbonyl (C=O) groups excluding carboxylic acids is 2. The van der Waals surface area contributed by atoms with Crippen molar-refractivity contribution in [2.24, 2.45) is 5.84 Å². The summed E-state index contributed by atoms with van der Waals surface area (Å²) in [6.07, 6.45) is 3.00. The number of piperazine rings is 1. The third-order valence-corrected chi connectivity index (χ3v) is 5.25. The van der Waals surface area contributed by atoms with Crippen molar-refractivity contribution in [3.8, 4) is 0 Å². The highest BCUT2D eigenvalue weighted by molar-refractivity contribution is 5.86. The second-order valence-corrected chi connectivity index (χ2v) is 7.25. The first kappa shape index (κ1) is 30.7. The van der Waals surface area contributed by atoms with Crippen LogP contribution in [0.15, 0.2) is 36.5 Å². The van der Waals surface area contributed by atoms with Crippen molar-refractivity contribution in [1.82, 2.24) is 20.6 Å². The van der Waals surface area contributed by atoms with E-state index in [4.69, 9.17) is 5.84 Å². The van der Waals surface area contributed by atoms with E-state index in [2.05, 4.69) is 15.2 Å². The molecular weight excluding hydrogens is 494 g/mol. The van der Waals surface area contributed by atoms with Crippen LogP contribution in [0.5, 0.6) is 0 Å². The minimum atomic E-state index is -0.519. The summed E-state index contributed by atoms with van der Waals surface area (Å²) in [6.45, 7) is 4.82. The van der Waals surface area contributed by atoms with Gasteiger partial charge in [-0.2, -0.15) is 0 Å². The summed E-state index contributed by atoms with van der Waals surface area (Å²) in [5, 5.41) is 2.52. The fourth-order valence-corrected chi connectivity index (χ4v) is 3.43. The first-order chi connectivity index (χ1) is 14.5. The number of nitrogens with two attached hydrogens (primary N) is 1. The molecule has 1 aliphatic heterocycles. The number of urea groups is 1. The average Bonchev–Trinajstić information content (AvgIpc) is 2.77. The molecule has 4 N–H and O–H groups in total. The van der Waals surface area contributed by atoms with Crippen molar-refractivity contribution in [2.75, 3.05) is 31.1 Å². The molecule has 0 aliphatic carbocycles. The number of hydrogen-bond donors (Lipinski definition) is 3. The lowest BCUT2D eigenvalue weighted by molar-refractivity contribution is -0.129. The Hall–Kier alpha value is -2.33. The van der Waals surface area contributed by atoms with Crippen LogP contribution in [0.2, 0.25) is 0 Å². The van der Waals surface area contributed by atoms with Crippen LogP contribution in [-0.2, 0) is 24.2 Å². The topological polar surface area (TPSA) is 104 Å². The molecule has 0 atom stereocenters. The maximum Gasteiger partial charge on any atom is 0.329 e. The predicted molar refractivity (Wildman–Crippen MR) is 134 cm³/mol. The second-order valence-electron chi connectivity index (χ2n) is 7.25. The number of carbonyl (C=O) groups is 2. The summed E-state index contributed by atoms with van der Waals surface area (Å²) in [5.41, 5.74) is 5.15. The number of hydrogen-bond acceptors (Lipinski definition) is 5. The molecule has 0 bridgehead atoms. The number of nitrogens with zero attached hydrogens (tertiary/aromatic N) is 3. The van der Waals surface area contributed by atoms with E-state index >= 15 is 0 Å². The number of benzene rings is 1. The van der Waals surface area contributed by atoms with Gasteiger partial charge in [0.15, 0.2) is 0 Å². The molecule has 33 heavy (non-hydrogen) atoms. The van der Waals surface area contributed by atoms with E-state index in [1.165, 1.54) is 6.07 Å². The van der Waals surface area contributed by atoms with Crippen LogP contribution in [0.3, 0.4) is 0 Å². The SMILES string of the molecule is CC(=O)N1CCN(c2ccc(CCc3ccc(CNC(=O)NN)cc3F)nc2)CC1.Cl.Cl.Cl. The number of anilines is 1. The van der Waals surface area contributed by atoms with Gasteiger partial charge in [-0.3, -0.25) is 15.2 Å². The predicted octanol–water partition coefficient (Wildman–Crippen LogP) is 2.61. The number of halogens is 4. The van der Waals surface area contributed by atoms with Crippen molar-refractivity contribution in [1.29, 1.82) is 0 Å².